The quantitative estimate of drug-likeness (QED) is 0.378. The van der Waals surface area contributed by atoms with E-state index in [1.54, 1.807) is 31.1 Å². The fraction of sp³-hybridized carbons (Fsp3) is 0.424. The number of anilines is 1. The Morgan fingerprint density at radius 1 is 0.978 bits per heavy atom. The van der Waals surface area contributed by atoms with Crippen molar-refractivity contribution in [3.05, 3.63) is 72.8 Å². The molecule has 2 fully saturated rings. The summed E-state index contributed by atoms with van der Waals surface area (Å²) in [5.41, 5.74) is 2.26. The Morgan fingerprint density at radius 3 is 2.53 bits per heavy atom. The highest BCUT2D eigenvalue weighted by Gasteiger charge is 2.73. The monoisotopic (exact) mass is 628 g/mol. The summed E-state index contributed by atoms with van der Waals surface area (Å²) in [5.74, 6) is -1.32. The first kappa shape index (κ1) is 29.5. The number of nitrogens with zero attached hydrogens (tertiary/aromatic N) is 6. The largest absolute Gasteiger partial charge is 0.494 e. The maximum atomic E-state index is 14.6. The molecule has 4 aliphatic heterocycles. The number of para-hydroxylation sites is 1. The number of carbonyl (C=O) groups excluding carboxylic acids is 3. The van der Waals surface area contributed by atoms with Crippen molar-refractivity contribution in [2.45, 2.75) is 42.5 Å². The smallest absolute Gasteiger partial charge is 0.248 e. The number of rotatable bonds is 8. The first-order valence-electron chi connectivity index (χ1n) is 15.4. The molecule has 1 aromatic heterocycles. The minimum Gasteiger partial charge on any atom is -0.494 e. The highest BCUT2D eigenvalue weighted by atomic mass is 32.2. The molecule has 4 aliphatic rings. The molecule has 1 unspecified atom stereocenters. The lowest BCUT2D eigenvalue weighted by atomic mass is 9.74. The molecule has 7 rings (SSSR count). The van der Waals surface area contributed by atoms with E-state index >= 15 is 0 Å². The zero-order valence-electron chi connectivity index (χ0n) is 25.3. The van der Waals surface area contributed by atoms with Crippen molar-refractivity contribution in [3.8, 4) is 5.75 Å². The third-order valence-corrected chi connectivity index (χ3v) is 11.2. The van der Waals surface area contributed by atoms with Crippen molar-refractivity contribution in [1.82, 2.24) is 24.8 Å². The number of ether oxygens (including phenoxy) is 1. The first-order valence-corrected chi connectivity index (χ1v) is 16.2. The van der Waals surface area contributed by atoms with Gasteiger partial charge in [-0.05, 0) is 56.7 Å². The molecule has 5 heterocycles. The van der Waals surface area contributed by atoms with Crippen LogP contribution >= 0.6 is 11.8 Å². The number of aliphatic hydroxyl groups excluding tert-OH is 1. The van der Waals surface area contributed by atoms with Crippen molar-refractivity contribution in [1.29, 1.82) is 0 Å². The van der Waals surface area contributed by atoms with Gasteiger partial charge >= 0.3 is 0 Å². The normalized spacial score (nSPS) is 29.2. The van der Waals surface area contributed by atoms with Crippen LogP contribution in [0.2, 0.25) is 0 Å². The average molecular weight is 629 g/mol. The molecule has 2 saturated heterocycles. The molecule has 45 heavy (non-hydrogen) atoms. The zero-order chi connectivity index (χ0) is 31.3. The summed E-state index contributed by atoms with van der Waals surface area (Å²) >= 11 is 1.54. The number of amides is 3. The van der Waals surface area contributed by atoms with Gasteiger partial charge in [-0.2, -0.15) is 0 Å². The summed E-state index contributed by atoms with van der Waals surface area (Å²) < 4.78 is 5.61. The Labute approximate surface area is 265 Å². The van der Waals surface area contributed by atoms with Gasteiger partial charge in [-0.3, -0.25) is 14.4 Å². The highest BCUT2D eigenvalue weighted by Crippen LogP contribution is 2.65. The third-order valence-electron chi connectivity index (χ3n) is 9.38. The number of likely N-dealkylation sites (tertiary alicyclic amines) is 1. The van der Waals surface area contributed by atoms with E-state index in [9.17, 15) is 19.5 Å². The maximum Gasteiger partial charge on any atom is 0.248 e. The summed E-state index contributed by atoms with van der Waals surface area (Å²) in [6.07, 6.45) is 8.32. The van der Waals surface area contributed by atoms with Crippen molar-refractivity contribution >= 4 is 46.2 Å². The van der Waals surface area contributed by atoms with Gasteiger partial charge in [0.1, 0.15) is 24.0 Å². The second kappa shape index (κ2) is 11.3. The van der Waals surface area contributed by atoms with Crippen LogP contribution in [0.4, 0.5) is 5.69 Å². The van der Waals surface area contributed by atoms with Gasteiger partial charge in [-0.25, -0.2) is 4.68 Å². The van der Waals surface area contributed by atoms with E-state index in [1.165, 1.54) is 0 Å². The van der Waals surface area contributed by atoms with Crippen LogP contribution in [0.15, 0.2) is 72.8 Å². The highest BCUT2D eigenvalue weighted by molar-refractivity contribution is 8.02. The summed E-state index contributed by atoms with van der Waals surface area (Å²) in [6.45, 7) is 5.44. The number of thioether (sulfide) groups is 1. The fourth-order valence-corrected chi connectivity index (χ4v) is 9.64. The van der Waals surface area contributed by atoms with Crippen LogP contribution in [0.5, 0.6) is 5.75 Å². The summed E-state index contributed by atoms with van der Waals surface area (Å²) in [7, 11) is 0. The van der Waals surface area contributed by atoms with E-state index in [-0.39, 0.29) is 37.5 Å². The predicted octanol–water partition coefficient (Wildman–Crippen LogP) is 2.86. The molecule has 0 radical (unpaired) electrons. The van der Waals surface area contributed by atoms with Crippen LogP contribution < -0.4 is 9.64 Å². The van der Waals surface area contributed by atoms with E-state index in [2.05, 4.69) is 10.3 Å². The van der Waals surface area contributed by atoms with E-state index in [0.29, 0.717) is 26.1 Å². The Kier molecular flexibility index (Phi) is 7.44. The standard InChI is InChI=1S/C33H36N6O5S/c1-3-44-23-13-11-22(12-14-23)37-18-6-15-32(2)26(29(37)41)27-30(42)38(19-8-20-40)28-31(43)36(17-7-16-33(27,28)45-32)21-39-25-10-5-4-9-24(25)34-35-39/h4-7,9-16,26-28,40H,3,8,17-21H2,1-2H3/t26-,27+,28?,32+,33+/m1/s1. The number of hydrogen-bond acceptors (Lipinski definition) is 8. The van der Waals surface area contributed by atoms with Crippen LogP contribution in [0.3, 0.4) is 0 Å². The molecule has 1 spiro atoms. The average Bonchev–Trinajstić information content (AvgIpc) is 3.56. The first-order chi connectivity index (χ1) is 21.8. The van der Waals surface area contributed by atoms with E-state index in [0.717, 1.165) is 22.5 Å². The Hall–Kier alpha value is -4.16. The van der Waals surface area contributed by atoms with Crippen LogP contribution in [0.1, 0.15) is 20.3 Å². The molecule has 0 saturated carbocycles. The van der Waals surface area contributed by atoms with Crippen LogP contribution in [-0.4, -0.2) is 96.0 Å². The Bertz CT molecular complexity index is 1710. The molecule has 0 aliphatic carbocycles. The lowest BCUT2D eigenvalue weighted by molar-refractivity contribution is -0.143. The van der Waals surface area contributed by atoms with Crippen molar-refractivity contribution in [3.63, 3.8) is 0 Å². The molecule has 234 valence electrons. The zero-order valence-corrected chi connectivity index (χ0v) is 26.1. The lowest BCUT2D eigenvalue weighted by Crippen LogP contribution is -2.53. The number of benzene rings is 2. The second-order valence-corrected chi connectivity index (χ2v) is 13.9. The van der Waals surface area contributed by atoms with Crippen molar-refractivity contribution < 1.29 is 24.2 Å². The molecule has 11 nitrogen and oxygen atoms in total. The SMILES string of the molecule is CCOc1ccc(N2CC=C[C@]3(C)S[C@]45C=CCN(Cn6nnc7ccccc76)C(=O)C4N(CCCO)C(=O)[C@@H]5[C@@H]3C2=O)cc1. The molecule has 1 N–H and O–H groups in total. The lowest BCUT2D eigenvalue weighted by Gasteiger charge is -2.36. The van der Waals surface area contributed by atoms with Crippen LogP contribution in [-0.2, 0) is 21.1 Å². The van der Waals surface area contributed by atoms with Gasteiger partial charge in [0.05, 0.1) is 28.7 Å². The number of carbonyl (C=O) groups is 3. The van der Waals surface area contributed by atoms with Gasteiger partial charge in [0.25, 0.3) is 0 Å². The maximum absolute atomic E-state index is 14.6. The van der Waals surface area contributed by atoms with Crippen LogP contribution in [0.25, 0.3) is 11.0 Å². The second-order valence-electron chi connectivity index (χ2n) is 12.1. The molecule has 12 heteroatoms. The van der Waals surface area contributed by atoms with Crippen LogP contribution in [0, 0.1) is 11.8 Å². The number of aromatic nitrogens is 3. The predicted molar refractivity (Wildman–Crippen MR) is 170 cm³/mol. The van der Waals surface area contributed by atoms with Gasteiger partial charge < -0.3 is 24.5 Å². The summed E-state index contributed by atoms with van der Waals surface area (Å²) in [6, 6.07) is 14.2. The van der Waals surface area contributed by atoms with Gasteiger partial charge in [0, 0.05) is 36.7 Å². The van der Waals surface area contributed by atoms with Gasteiger partial charge in [-0.15, -0.1) is 16.9 Å². The Balaban J connectivity index is 1.27. The molecule has 5 atom stereocenters. The molecule has 0 bridgehead atoms. The molecular formula is C33H36N6O5S. The number of aliphatic hydroxyl groups is 1. The van der Waals surface area contributed by atoms with Gasteiger partial charge in [0.2, 0.25) is 17.7 Å². The minimum absolute atomic E-state index is 0.117. The molecule has 3 aromatic rings. The van der Waals surface area contributed by atoms with Crippen molar-refractivity contribution in [2.75, 3.05) is 37.7 Å². The summed E-state index contributed by atoms with van der Waals surface area (Å²) in [4.78, 5) is 48.7. The third kappa shape index (κ3) is 4.64. The fourth-order valence-electron chi connectivity index (χ4n) is 7.48. The van der Waals surface area contributed by atoms with Crippen molar-refractivity contribution in [2.24, 2.45) is 11.8 Å². The van der Waals surface area contributed by atoms with E-state index < -0.39 is 27.4 Å². The Morgan fingerprint density at radius 2 is 1.76 bits per heavy atom. The molecule has 3 amide bonds. The van der Waals surface area contributed by atoms with Gasteiger partial charge in [-0.1, -0.05) is 41.7 Å². The topological polar surface area (TPSA) is 121 Å². The number of fused-ring (bicyclic) bond motifs is 3. The van der Waals surface area contributed by atoms with E-state index in [4.69, 9.17) is 4.74 Å². The molecule has 2 aromatic carbocycles. The number of hydrogen-bond donors (Lipinski definition) is 1. The minimum atomic E-state index is -0.968. The van der Waals surface area contributed by atoms with E-state index in [1.807, 2.05) is 86.7 Å². The molecular weight excluding hydrogens is 592 g/mol. The van der Waals surface area contributed by atoms with Gasteiger partial charge in [0.15, 0.2) is 0 Å². The summed E-state index contributed by atoms with van der Waals surface area (Å²) in [5, 5.41) is 18.3.